The first-order chi connectivity index (χ1) is 2.41. The van der Waals surface area contributed by atoms with Crippen molar-refractivity contribution in [2.24, 2.45) is 0 Å². The second-order valence-electron chi connectivity index (χ2n) is 0.801. The van der Waals surface area contributed by atoms with Crippen LogP contribution in [0.15, 0.2) is 0 Å². The molecule has 2 radical (unpaired) electrons. The molecule has 6 heavy (non-hydrogen) atoms. The van der Waals surface area contributed by atoms with E-state index in [4.69, 9.17) is 10.2 Å². The highest BCUT2D eigenvalue weighted by Gasteiger charge is 1.70. The van der Waals surface area contributed by atoms with Crippen molar-refractivity contribution in [1.82, 2.24) is 0 Å². The number of aliphatic hydroxyl groups excluding tert-OH is 2. The van der Waals surface area contributed by atoms with Crippen molar-refractivity contribution in [3.05, 3.63) is 0 Å². The van der Waals surface area contributed by atoms with Crippen molar-refractivity contribution in [2.75, 3.05) is 13.2 Å². The summed E-state index contributed by atoms with van der Waals surface area (Å²) >= 11 is 0. The Balaban J connectivity index is 0. The average molecular weight is 108 g/mol. The fourth-order valence-corrected chi connectivity index (χ4v) is 0.0707. The van der Waals surface area contributed by atoms with Gasteiger partial charge in [0.25, 0.3) is 0 Å². The third kappa shape index (κ3) is 8.86. The molecule has 0 atom stereocenters. The number of aliphatic hydroxyl groups is 2. The SMILES string of the molecule is OCCCO.[S]. The lowest BCUT2D eigenvalue weighted by Gasteiger charge is -1.79. The molecule has 0 aromatic rings. The molecule has 0 bridgehead atoms. The van der Waals surface area contributed by atoms with Crippen LogP contribution in [0.4, 0.5) is 0 Å². The first-order valence-electron chi connectivity index (χ1n) is 1.63. The van der Waals surface area contributed by atoms with Crippen molar-refractivity contribution >= 4 is 13.5 Å². The fraction of sp³-hybridized carbons (Fsp3) is 1.00. The molecule has 0 aromatic carbocycles. The van der Waals surface area contributed by atoms with Crippen molar-refractivity contribution in [3.63, 3.8) is 0 Å². The van der Waals surface area contributed by atoms with Gasteiger partial charge in [-0.15, -0.1) is 0 Å². The summed E-state index contributed by atoms with van der Waals surface area (Å²) in [7, 11) is 0. The second kappa shape index (κ2) is 8.99. The average Bonchev–Trinajstić information content (AvgIpc) is 1.41. The van der Waals surface area contributed by atoms with Gasteiger partial charge < -0.3 is 10.2 Å². The van der Waals surface area contributed by atoms with Gasteiger partial charge in [-0.1, -0.05) is 0 Å². The maximum atomic E-state index is 7.91. The lowest BCUT2D eigenvalue weighted by Crippen LogP contribution is -1.85. The van der Waals surface area contributed by atoms with Gasteiger partial charge in [-0.2, -0.15) is 0 Å². The van der Waals surface area contributed by atoms with Gasteiger partial charge in [0.15, 0.2) is 0 Å². The van der Waals surface area contributed by atoms with Gasteiger partial charge in [0.2, 0.25) is 0 Å². The van der Waals surface area contributed by atoms with Crippen molar-refractivity contribution in [3.8, 4) is 0 Å². The Morgan fingerprint density at radius 1 is 1.00 bits per heavy atom. The Kier molecular flexibility index (Phi) is 14.3. The molecule has 0 aliphatic heterocycles. The van der Waals surface area contributed by atoms with Crippen LogP contribution in [-0.4, -0.2) is 23.4 Å². The van der Waals surface area contributed by atoms with E-state index in [1.54, 1.807) is 0 Å². The van der Waals surface area contributed by atoms with E-state index < -0.39 is 0 Å². The van der Waals surface area contributed by atoms with Gasteiger partial charge >= 0.3 is 0 Å². The molecule has 38 valence electrons. The molecule has 0 heterocycles. The van der Waals surface area contributed by atoms with E-state index in [1.807, 2.05) is 0 Å². The van der Waals surface area contributed by atoms with Gasteiger partial charge in [0.05, 0.1) is 0 Å². The predicted molar refractivity (Wildman–Crippen MR) is 26.4 cm³/mol. The van der Waals surface area contributed by atoms with E-state index in [-0.39, 0.29) is 26.7 Å². The molecule has 0 amide bonds. The van der Waals surface area contributed by atoms with E-state index in [0.29, 0.717) is 6.42 Å². The van der Waals surface area contributed by atoms with Crippen LogP contribution in [0.2, 0.25) is 0 Å². The summed E-state index contributed by atoms with van der Waals surface area (Å²) in [6.07, 6.45) is 0.500. The Morgan fingerprint density at radius 2 is 1.33 bits per heavy atom. The van der Waals surface area contributed by atoms with Gasteiger partial charge in [-0.05, 0) is 6.42 Å². The molecule has 0 saturated heterocycles. The van der Waals surface area contributed by atoms with E-state index in [0.717, 1.165) is 0 Å². The number of hydrogen-bond acceptors (Lipinski definition) is 2. The molecule has 0 aliphatic carbocycles. The summed E-state index contributed by atoms with van der Waals surface area (Å²) in [5.74, 6) is 0. The molecule has 0 unspecified atom stereocenters. The van der Waals surface area contributed by atoms with Crippen LogP contribution >= 0.6 is 13.5 Å². The minimum atomic E-state index is 0. The van der Waals surface area contributed by atoms with Crippen LogP contribution in [0.1, 0.15) is 6.42 Å². The highest BCUT2D eigenvalue weighted by Crippen LogP contribution is 1.65. The zero-order valence-corrected chi connectivity index (χ0v) is 4.24. The molecule has 0 fully saturated rings. The minimum absolute atomic E-state index is 0. The normalized spacial score (nSPS) is 7.00. The van der Waals surface area contributed by atoms with Crippen LogP contribution in [-0.2, 0) is 0 Å². The van der Waals surface area contributed by atoms with E-state index in [2.05, 4.69) is 0 Å². The lowest BCUT2D eigenvalue weighted by atomic mass is 10.5. The maximum Gasteiger partial charge on any atom is 0.0452 e. The third-order valence-electron chi connectivity index (χ3n) is 0.316. The molecule has 0 rings (SSSR count). The molecule has 3 heteroatoms. The summed E-state index contributed by atoms with van der Waals surface area (Å²) in [5, 5.41) is 15.8. The molecule has 0 aliphatic rings. The first-order valence-corrected chi connectivity index (χ1v) is 1.63. The topological polar surface area (TPSA) is 40.5 Å². The Bertz CT molecular complexity index is 16.3. The molecule has 0 saturated carbocycles. The fourth-order valence-electron chi connectivity index (χ4n) is 0.0707. The molecular formula is C3H8O2S. The Labute approximate surface area is 44.3 Å². The summed E-state index contributed by atoms with van der Waals surface area (Å²) in [4.78, 5) is 0. The van der Waals surface area contributed by atoms with Crippen LogP contribution in [0.25, 0.3) is 0 Å². The summed E-state index contributed by atoms with van der Waals surface area (Å²) < 4.78 is 0. The first kappa shape index (κ1) is 9.55. The molecule has 2 N–H and O–H groups in total. The minimum Gasteiger partial charge on any atom is -0.396 e. The van der Waals surface area contributed by atoms with Crippen molar-refractivity contribution in [2.45, 2.75) is 6.42 Å². The Hall–Kier alpha value is 0.270. The quantitative estimate of drug-likeness (QED) is 0.523. The van der Waals surface area contributed by atoms with Crippen LogP contribution < -0.4 is 0 Å². The van der Waals surface area contributed by atoms with Gasteiger partial charge in [0.1, 0.15) is 0 Å². The predicted octanol–water partition coefficient (Wildman–Crippen LogP) is 0.00930. The van der Waals surface area contributed by atoms with Crippen LogP contribution in [0.3, 0.4) is 0 Å². The van der Waals surface area contributed by atoms with Gasteiger partial charge in [-0.3, -0.25) is 0 Å². The zero-order valence-electron chi connectivity index (χ0n) is 3.42. The molecular weight excluding hydrogens is 100 g/mol. The van der Waals surface area contributed by atoms with Crippen molar-refractivity contribution < 1.29 is 10.2 Å². The maximum absolute atomic E-state index is 7.91. The third-order valence-corrected chi connectivity index (χ3v) is 0.316. The highest BCUT2D eigenvalue weighted by molar-refractivity contribution is 7.59. The Morgan fingerprint density at radius 3 is 1.33 bits per heavy atom. The summed E-state index contributed by atoms with van der Waals surface area (Å²) in [6, 6.07) is 0. The molecule has 0 aromatic heterocycles. The largest absolute Gasteiger partial charge is 0.396 e. The monoisotopic (exact) mass is 108 g/mol. The molecule has 0 spiro atoms. The molecule has 2 nitrogen and oxygen atoms in total. The smallest absolute Gasteiger partial charge is 0.0452 e. The van der Waals surface area contributed by atoms with Crippen LogP contribution in [0, 0.1) is 0 Å². The highest BCUT2D eigenvalue weighted by atomic mass is 32.1. The van der Waals surface area contributed by atoms with Gasteiger partial charge in [0, 0.05) is 26.7 Å². The van der Waals surface area contributed by atoms with Crippen molar-refractivity contribution in [1.29, 1.82) is 0 Å². The standard InChI is InChI=1S/C3H8O2.S/c4-2-1-3-5;/h4-5H,1-3H2;. The second-order valence-corrected chi connectivity index (χ2v) is 0.801. The zero-order chi connectivity index (χ0) is 4.12. The lowest BCUT2D eigenvalue weighted by molar-refractivity contribution is 0.221. The van der Waals surface area contributed by atoms with Crippen LogP contribution in [0.5, 0.6) is 0 Å². The summed E-state index contributed by atoms with van der Waals surface area (Å²) in [5.41, 5.74) is 0. The van der Waals surface area contributed by atoms with Gasteiger partial charge in [-0.25, -0.2) is 0 Å². The number of rotatable bonds is 2. The summed E-state index contributed by atoms with van der Waals surface area (Å²) in [6.45, 7) is 0.188. The van der Waals surface area contributed by atoms with E-state index >= 15 is 0 Å². The van der Waals surface area contributed by atoms with E-state index in [9.17, 15) is 0 Å². The number of hydrogen-bond donors (Lipinski definition) is 2. The van der Waals surface area contributed by atoms with E-state index in [1.165, 1.54) is 0 Å².